The van der Waals surface area contributed by atoms with Crippen LogP contribution in [-0.2, 0) is 24.2 Å². The van der Waals surface area contributed by atoms with Gasteiger partial charge >= 0.3 is 0 Å². The maximum atomic E-state index is 11.9. The highest BCUT2D eigenvalue weighted by Gasteiger charge is 2.23. The molecular formula is C18H28N2O. The number of hydrogen-bond acceptors (Lipinski definition) is 2. The molecule has 1 heterocycles. The molecule has 2 N–H and O–H groups in total. The fourth-order valence-corrected chi connectivity index (χ4v) is 3.09. The number of benzene rings is 1. The van der Waals surface area contributed by atoms with Crippen molar-refractivity contribution < 1.29 is 4.79 Å². The monoisotopic (exact) mass is 288 g/mol. The summed E-state index contributed by atoms with van der Waals surface area (Å²) in [4.78, 5) is 13.7. The van der Waals surface area contributed by atoms with Gasteiger partial charge in [-0.1, -0.05) is 32.8 Å². The van der Waals surface area contributed by atoms with E-state index in [0.29, 0.717) is 13.0 Å². The zero-order valence-corrected chi connectivity index (χ0v) is 13.8. The van der Waals surface area contributed by atoms with Gasteiger partial charge in [-0.2, -0.15) is 0 Å². The molecule has 116 valence electrons. The van der Waals surface area contributed by atoms with E-state index in [1.54, 1.807) is 4.90 Å². The molecule has 0 fully saturated rings. The van der Waals surface area contributed by atoms with E-state index in [2.05, 4.69) is 26.8 Å². The smallest absolute Gasteiger partial charge is 0.227 e. The molecule has 0 aliphatic carbocycles. The minimum Gasteiger partial charge on any atom is -0.398 e. The first-order valence-electron chi connectivity index (χ1n) is 8.07. The quantitative estimate of drug-likeness (QED) is 0.843. The van der Waals surface area contributed by atoms with E-state index in [9.17, 15) is 4.79 Å². The van der Waals surface area contributed by atoms with Gasteiger partial charge in [0.15, 0.2) is 0 Å². The molecule has 1 aliphatic rings. The Kier molecular flexibility index (Phi) is 4.92. The van der Waals surface area contributed by atoms with Crippen LogP contribution in [0.3, 0.4) is 0 Å². The number of likely N-dealkylation sites (N-methyl/N-ethyl adjacent to an activating group) is 1. The molecular weight excluding hydrogens is 260 g/mol. The number of carbonyl (C=O) groups is 1. The van der Waals surface area contributed by atoms with Crippen LogP contribution >= 0.6 is 0 Å². The molecule has 1 aliphatic heterocycles. The Balaban J connectivity index is 2.19. The van der Waals surface area contributed by atoms with E-state index >= 15 is 0 Å². The van der Waals surface area contributed by atoms with Crippen molar-refractivity contribution in [2.45, 2.75) is 59.4 Å². The molecule has 21 heavy (non-hydrogen) atoms. The Labute approximate surface area is 128 Å². The van der Waals surface area contributed by atoms with E-state index in [0.717, 1.165) is 29.2 Å². The summed E-state index contributed by atoms with van der Waals surface area (Å²) in [6, 6.07) is 2.23. The lowest BCUT2D eigenvalue weighted by Crippen LogP contribution is -2.33. The zero-order chi connectivity index (χ0) is 15.6. The summed E-state index contributed by atoms with van der Waals surface area (Å²) in [6.45, 7) is 7.33. The van der Waals surface area contributed by atoms with Crippen LogP contribution in [0, 0.1) is 12.8 Å². The van der Waals surface area contributed by atoms with Gasteiger partial charge in [-0.3, -0.25) is 4.79 Å². The Hall–Kier alpha value is -1.51. The second-order valence-electron chi connectivity index (χ2n) is 6.54. The highest BCUT2D eigenvalue weighted by molar-refractivity contribution is 5.82. The fourth-order valence-electron chi connectivity index (χ4n) is 3.09. The molecule has 0 saturated carbocycles. The standard InChI is InChI=1S/C18H28N2O/c1-5-12(2)7-6-8-14-9-15-11-20(4)17(21)10-16(15)13(3)18(14)19/h9,12H,5-8,10-11,19H2,1-4H3. The molecule has 1 atom stereocenters. The number of amides is 1. The number of nitrogen functional groups attached to an aromatic ring is 1. The molecule has 0 saturated heterocycles. The van der Waals surface area contributed by atoms with E-state index in [1.807, 2.05) is 7.05 Å². The minimum absolute atomic E-state index is 0.189. The minimum atomic E-state index is 0.189. The summed E-state index contributed by atoms with van der Waals surface area (Å²) in [5, 5.41) is 0. The molecule has 1 amide bonds. The van der Waals surface area contributed by atoms with Crippen LogP contribution in [-0.4, -0.2) is 17.9 Å². The van der Waals surface area contributed by atoms with Crippen LogP contribution in [0.2, 0.25) is 0 Å². The largest absolute Gasteiger partial charge is 0.398 e. The van der Waals surface area contributed by atoms with Crippen molar-refractivity contribution >= 4 is 11.6 Å². The zero-order valence-electron chi connectivity index (χ0n) is 13.8. The van der Waals surface area contributed by atoms with E-state index in [-0.39, 0.29) is 5.91 Å². The van der Waals surface area contributed by atoms with Gasteiger partial charge in [0.05, 0.1) is 6.42 Å². The van der Waals surface area contributed by atoms with Crippen molar-refractivity contribution in [2.75, 3.05) is 12.8 Å². The SMILES string of the molecule is CCC(C)CCCc1cc2c(c(C)c1N)CC(=O)N(C)C2. The molecule has 0 aromatic heterocycles. The lowest BCUT2D eigenvalue weighted by atomic mass is 9.89. The number of hydrogen-bond donors (Lipinski definition) is 1. The summed E-state index contributed by atoms with van der Waals surface area (Å²) >= 11 is 0. The number of anilines is 1. The molecule has 0 spiro atoms. The third-order valence-electron chi connectivity index (χ3n) is 4.94. The maximum absolute atomic E-state index is 11.9. The first kappa shape index (κ1) is 15.9. The number of fused-ring (bicyclic) bond motifs is 1. The molecule has 0 radical (unpaired) electrons. The highest BCUT2D eigenvalue weighted by atomic mass is 16.2. The van der Waals surface area contributed by atoms with Crippen LogP contribution < -0.4 is 5.73 Å². The fraction of sp³-hybridized carbons (Fsp3) is 0.611. The third-order valence-corrected chi connectivity index (χ3v) is 4.94. The van der Waals surface area contributed by atoms with Gasteiger partial charge in [-0.15, -0.1) is 0 Å². The Morgan fingerprint density at radius 1 is 1.43 bits per heavy atom. The third kappa shape index (κ3) is 3.39. The van der Waals surface area contributed by atoms with Crippen molar-refractivity contribution in [1.29, 1.82) is 0 Å². The second kappa shape index (κ2) is 6.50. The van der Waals surface area contributed by atoms with Crippen LogP contribution in [0.1, 0.15) is 55.4 Å². The first-order valence-corrected chi connectivity index (χ1v) is 8.07. The molecule has 1 aromatic carbocycles. The summed E-state index contributed by atoms with van der Waals surface area (Å²) in [7, 11) is 1.87. The number of nitrogens with zero attached hydrogens (tertiary/aromatic N) is 1. The maximum Gasteiger partial charge on any atom is 0.227 e. The molecule has 1 aromatic rings. The van der Waals surface area contributed by atoms with Crippen LogP contribution in [0.25, 0.3) is 0 Å². The van der Waals surface area contributed by atoms with Gasteiger partial charge in [0.1, 0.15) is 0 Å². The lowest BCUT2D eigenvalue weighted by molar-refractivity contribution is -0.130. The summed E-state index contributed by atoms with van der Waals surface area (Å²) in [6.07, 6.45) is 5.22. The number of nitrogens with two attached hydrogens (primary N) is 1. The number of aryl methyl sites for hydroxylation is 1. The van der Waals surface area contributed by atoms with E-state index < -0.39 is 0 Å². The van der Waals surface area contributed by atoms with Gasteiger partial charge in [-0.05, 0) is 47.9 Å². The van der Waals surface area contributed by atoms with Crippen molar-refractivity contribution in [2.24, 2.45) is 5.92 Å². The average molecular weight is 288 g/mol. The van der Waals surface area contributed by atoms with Crippen LogP contribution in [0.4, 0.5) is 5.69 Å². The predicted molar refractivity (Wildman–Crippen MR) is 88.2 cm³/mol. The Morgan fingerprint density at radius 2 is 2.14 bits per heavy atom. The molecule has 1 unspecified atom stereocenters. The van der Waals surface area contributed by atoms with Gasteiger partial charge in [0, 0.05) is 19.3 Å². The Bertz CT molecular complexity index is 537. The van der Waals surface area contributed by atoms with Gasteiger partial charge in [-0.25, -0.2) is 0 Å². The van der Waals surface area contributed by atoms with E-state index in [1.165, 1.54) is 30.4 Å². The summed E-state index contributed by atoms with van der Waals surface area (Å²) in [5.74, 6) is 0.975. The van der Waals surface area contributed by atoms with Crippen molar-refractivity contribution in [3.05, 3.63) is 28.3 Å². The summed E-state index contributed by atoms with van der Waals surface area (Å²) in [5.41, 5.74) is 12.0. The van der Waals surface area contributed by atoms with E-state index in [4.69, 9.17) is 5.73 Å². The summed E-state index contributed by atoms with van der Waals surface area (Å²) < 4.78 is 0. The Morgan fingerprint density at radius 3 is 2.81 bits per heavy atom. The molecule has 2 rings (SSSR count). The molecule has 3 heteroatoms. The first-order chi connectivity index (χ1) is 9.93. The normalized spacial score (nSPS) is 16.0. The predicted octanol–water partition coefficient (Wildman–Crippen LogP) is 3.46. The lowest BCUT2D eigenvalue weighted by Gasteiger charge is -2.28. The van der Waals surface area contributed by atoms with Gasteiger partial charge in [0.2, 0.25) is 5.91 Å². The van der Waals surface area contributed by atoms with Gasteiger partial charge in [0.25, 0.3) is 0 Å². The second-order valence-corrected chi connectivity index (χ2v) is 6.54. The van der Waals surface area contributed by atoms with Crippen LogP contribution in [0.5, 0.6) is 0 Å². The highest BCUT2D eigenvalue weighted by Crippen LogP contribution is 2.30. The van der Waals surface area contributed by atoms with Crippen molar-refractivity contribution in [3.63, 3.8) is 0 Å². The number of carbonyl (C=O) groups excluding carboxylic acids is 1. The molecule has 3 nitrogen and oxygen atoms in total. The molecule has 0 bridgehead atoms. The topological polar surface area (TPSA) is 46.3 Å². The van der Waals surface area contributed by atoms with Crippen LogP contribution in [0.15, 0.2) is 6.07 Å². The van der Waals surface area contributed by atoms with Crippen molar-refractivity contribution in [1.82, 2.24) is 4.90 Å². The average Bonchev–Trinajstić information content (AvgIpc) is 2.46. The van der Waals surface area contributed by atoms with Crippen molar-refractivity contribution in [3.8, 4) is 0 Å². The van der Waals surface area contributed by atoms with Gasteiger partial charge < -0.3 is 10.6 Å². The number of rotatable bonds is 5.